The van der Waals surface area contributed by atoms with Gasteiger partial charge in [-0.2, -0.15) is 0 Å². The quantitative estimate of drug-likeness (QED) is 0.339. The molecule has 1 fully saturated rings. The second kappa shape index (κ2) is 12.6. The number of amides is 4. The smallest absolute Gasteiger partial charge is 0.325 e. The molecule has 186 valence electrons. The van der Waals surface area contributed by atoms with Crippen molar-refractivity contribution in [3.63, 3.8) is 0 Å². The van der Waals surface area contributed by atoms with Crippen LogP contribution in [0.4, 0.5) is 0 Å². The average molecular weight is 477 g/mol. The number of nitrogens with zero attached hydrogens (tertiary/aromatic N) is 1. The standard InChI is InChI=1S/C23H32N4O7/c1-14(2)12-17(26-19(28)9-8-16-6-5-11-34-16)21(30)24-13-20(29)27-10-4-7-18(27)22(31)25-15(3)23(32)33/h5-6,8-9,11,14-15,17-18H,4,7,10,12-13H2,1-3H3,(H,24,30)(H,25,31)(H,26,28)(H,32,33)/b9-8+/t15-,17-,18+/m0/s1. The third-order valence-corrected chi connectivity index (χ3v) is 5.30. The molecule has 3 atom stereocenters. The van der Waals surface area contributed by atoms with Crippen molar-refractivity contribution in [3.8, 4) is 0 Å². The Labute approximate surface area is 197 Å². The summed E-state index contributed by atoms with van der Waals surface area (Å²) in [6.45, 7) is 5.14. The average Bonchev–Trinajstić information content (AvgIpc) is 3.47. The predicted molar refractivity (Wildman–Crippen MR) is 122 cm³/mol. The van der Waals surface area contributed by atoms with E-state index in [-0.39, 0.29) is 12.5 Å². The molecule has 1 aromatic heterocycles. The zero-order valence-electron chi connectivity index (χ0n) is 19.6. The molecule has 11 heteroatoms. The SMILES string of the molecule is CC(C)C[C@H](NC(=O)/C=C/c1ccco1)C(=O)NCC(=O)N1CCC[C@@H]1C(=O)N[C@@H](C)C(=O)O. The van der Waals surface area contributed by atoms with Crippen molar-refractivity contribution < 1.29 is 33.5 Å². The Morgan fingerprint density at radius 2 is 1.94 bits per heavy atom. The summed E-state index contributed by atoms with van der Waals surface area (Å²) in [6.07, 6.45) is 5.58. The van der Waals surface area contributed by atoms with Crippen LogP contribution < -0.4 is 16.0 Å². The van der Waals surface area contributed by atoms with Gasteiger partial charge in [0, 0.05) is 12.6 Å². The van der Waals surface area contributed by atoms with Crippen LogP contribution in [0.25, 0.3) is 6.08 Å². The summed E-state index contributed by atoms with van der Waals surface area (Å²) in [5.41, 5.74) is 0. The highest BCUT2D eigenvalue weighted by atomic mass is 16.4. The number of carboxylic acid groups (broad SMARTS) is 1. The Kier molecular flexibility index (Phi) is 9.84. The molecular formula is C23H32N4O7. The summed E-state index contributed by atoms with van der Waals surface area (Å²) in [5.74, 6) is -2.57. The molecule has 1 aromatic rings. The van der Waals surface area contributed by atoms with Gasteiger partial charge in [0.2, 0.25) is 23.6 Å². The summed E-state index contributed by atoms with van der Waals surface area (Å²) in [7, 11) is 0. The summed E-state index contributed by atoms with van der Waals surface area (Å²) in [5, 5.41) is 16.5. The number of hydrogen-bond donors (Lipinski definition) is 4. The summed E-state index contributed by atoms with van der Waals surface area (Å²) in [4.78, 5) is 62.4. The Morgan fingerprint density at radius 1 is 1.21 bits per heavy atom. The molecule has 2 rings (SSSR count). The van der Waals surface area contributed by atoms with Crippen molar-refractivity contribution >= 4 is 35.7 Å². The first-order valence-corrected chi connectivity index (χ1v) is 11.2. The molecule has 1 saturated heterocycles. The van der Waals surface area contributed by atoms with Gasteiger partial charge >= 0.3 is 5.97 Å². The maximum Gasteiger partial charge on any atom is 0.325 e. The van der Waals surface area contributed by atoms with Crippen LogP contribution in [0.1, 0.15) is 45.8 Å². The third kappa shape index (κ3) is 8.05. The van der Waals surface area contributed by atoms with Crippen molar-refractivity contribution in [2.45, 2.75) is 58.2 Å². The molecular weight excluding hydrogens is 444 g/mol. The van der Waals surface area contributed by atoms with Crippen LogP contribution in [0, 0.1) is 5.92 Å². The van der Waals surface area contributed by atoms with Crippen molar-refractivity contribution in [2.75, 3.05) is 13.1 Å². The molecule has 0 unspecified atom stereocenters. The Morgan fingerprint density at radius 3 is 2.56 bits per heavy atom. The van der Waals surface area contributed by atoms with Crippen molar-refractivity contribution in [1.82, 2.24) is 20.9 Å². The number of carbonyl (C=O) groups is 5. The van der Waals surface area contributed by atoms with Crippen molar-refractivity contribution in [1.29, 1.82) is 0 Å². The predicted octanol–water partition coefficient (Wildman–Crippen LogP) is 0.520. The fraction of sp³-hybridized carbons (Fsp3) is 0.522. The van der Waals surface area contributed by atoms with E-state index in [1.165, 1.54) is 30.2 Å². The first-order chi connectivity index (χ1) is 16.1. The van der Waals surface area contributed by atoms with E-state index in [4.69, 9.17) is 9.52 Å². The molecule has 2 heterocycles. The van der Waals surface area contributed by atoms with E-state index in [0.717, 1.165) is 0 Å². The molecule has 11 nitrogen and oxygen atoms in total. The van der Waals surface area contributed by atoms with E-state index >= 15 is 0 Å². The zero-order chi connectivity index (χ0) is 25.3. The summed E-state index contributed by atoms with van der Waals surface area (Å²) >= 11 is 0. The number of rotatable bonds is 11. The van der Waals surface area contributed by atoms with Gasteiger partial charge in [-0.25, -0.2) is 0 Å². The second-order valence-electron chi connectivity index (χ2n) is 8.57. The number of likely N-dealkylation sites (tertiary alicyclic amines) is 1. The van der Waals surface area contributed by atoms with Gasteiger partial charge in [0.05, 0.1) is 12.8 Å². The highest BCUT2D eigenvalue weighted by molar-refractivity contribution is 5.96. The van der Waals surface area contributed by atoms with Crippen molar-refractivity contribution in [3.05, 3.63) is 30.2 Å². The van der Waals surface area contributed by atoms with Crippen LogP contribution in [-0.2, 0) is 24.0 Å². The minimum absolute atomic E-state index is 0.101. The van der Waals surface area contributed by atoms with Crippen LogP contribution >= 0.6 is 0 Å². The fourth-order valence-corrected chi connectivity index (χ4v) is 3.56. The molecule has 0 bridgehead atoms. The van der Waals surface area contributed by atoms with E-state index in [9.17, 15) is 24.0 Å². The Hall–Kier alpha value is -3.63. The maximum absolute atomic E-state index is 12.7. The molecule has 4 amide bonds. The summed E-state index contributed by atoms with van der Waals surface area (Å²) < 4.78 is 5.13. The highest BCUT2D eigenvalue weighted by Gasteiger charge is 2.35. The number of furan rings is 1. The normalized spacial score (nSPS) is 17.4. The van der Waals surface area contributed by atoms with Crippen LogP contribution in [0.3, 0.4) is 0 Å². The molecule has 0 saturated carbocycles. The third-order valence-electron chi connectivity index (χ3n) is 5.30. The molecule has 4 N–H and O–H groups in total. The van der Waals surface area contributed by atoms with Gasteiger partial charge in [0.15, 0.2) is 0 Å². The van der Waals surface area contributed by atoms with Gasteiger partial charge in [-0.3, -0.25) is 24.0 Å². The lowest BCUT2D eigenvalue weighted by Gasteiger charge is -2.25. The highest BCUT2D eigenvalue weighted by Crippen LogP contribution is 2.17. The first kappa shape index (κ1) is 26.6. The van der Waals surface area contributed by atoms with Gasteiger partial charge < -0.3 is 30.4 Å². The first-order valence-electron chi connectivity index (χ1n) is 11.2. The van der Waals surface area contributed by atoms with E-state index in [2.05, 4.69) is 16.0 Å². The topological polar surface area (TPSA) is 158 Å². The largest absolute Gasteiger partial charge is 0.480 e. The van der Waals surface area contributed by atoms with Crippen LogP contribution in [0.15, 0.2) is 28.9 Å². The molecule has 1 aliphatic rings. The van der Waals surface area contributed by atoms with Gasteiger partial charge in [-0.05, 0) is 50.3 Å². The van der Waals surface area contributed by atoms with Crippen LogP contribution in [0.5, 0.6) is 0 Å². The zero-order valence-corrected chi connectivity index (χ0v) is 19.6. The lowest BCUT2D eigenvalue weighted by atomic mass is 10.0. The molecule has 0 aromatic carbocycles. The lowest BCUT2D eigenvalue weighted by molar-refractivity contribution is -0.143. The molecule has 0 radical (unpaired) electrons. The van der Waals surface area contributed by atoms with Gasteiger partial charge in [-0.1, -0.05) is 13.8 Å². The van der Waals surface area contributed by atoms with Crippen LogP contribution in [0.2, 0.25) is 0 Å². The fourth-order valence-electron chi connectivity index (χ4n) is 3.56. The van der Waals surface area contributed by atoms with Crippen molar-refractivity contribution in [2.24, 2.45) is 5.92 Å². The number of nitrogens with one attached hydrogen (secondary N) is 3. The molecule has 34 heavy (non-hydrogen) atoms. The van der Waals surface area contributed by atoms with Gasteiger partial charge in [0.1, 0.15) is 23.9 Å². The van der Waals surface area contributed by atoms with Gasteiger partial charge in [0.25, 0.3) is 0 Å². The van der Waals surface area contributed by atoms with E-state index in [1.807, 2.05) is 13.8 Å². The number of aliphatic carboxylic acids is 1. The monoisotopic (exact) mass is 476 g/mol. The van der Waals surface area contributed by atoms with E-state index < -0.39 is 47.7 Å². The van der Waals surface area contributed by atoms with E-state index in [0.29, 0.717) is 31.6 Å². The minimum Gasteiger partial charge on any atom is -0.480 e. The Bertz CT molecular complexity index is 910. The number of carbonyl (C=O) groups excluding carboxylic acids is 4. The maximum atomic E-state index is 12.7. The number of hydrogen-bond acceptors (Lipinski definition) is 6. The summed E-state index contributed by atoms with van der Waals surface area (Å²) in [6, 6.07) is 0.652. The number of carboxylic acids is 1. The minimum atomic E-state index is -1.17. The lowest BCUT2D eigenvalue weighted by Crippen LogP contribution is -2.53. The van der Waals surface area contributed by atoms with Crippen LogP contribution in [-0.4, -0.2) is 70.8 Å². The molecule has 0 spiro atoms. The molecule has 1 aliphatic heterocycles. The van der Waals surface area contributed by atoms with Gasteiger partial charge in [-0.15, -0.1) is 0 Å². The molecule has 0 aliphatic carbocycles. The Balaban J connectivity index is 1.93. The second-order valence-corrected chi connectivity index (χ2v) is 8.57. The van der Waals surface area contributed by atoms with E-state index in [1.54, 1.807) is 12.1 Å².